The molecule has 4 nitrogen and oxygen atoms in total. The van der Waals surface area contributed by atoms with Crippen molar-refractivity contribution in [3.8, 4) is 0 Å². The van der Waals surface area contributed by atoms with Crippen LogP contribution < -0.4 is 5.73 Å². The molecule has 0 spiro atoms. The summed E-state index contributed by atoms with van der Waals surface area (Å²) >= 11 is 3.29. The molecule has 5 heteroatoms. The van der Waals surface area contributed by atoms with Gasteiger partial charge in [0, 0.05) is 10.4 Å². The summed E-state index contributed by atoms with van der Waals surface area (Å²) in [6.45, 7) is 3.03. The highest BCUT2D eigenvalue weighted by molar-refractivity contribution is 9.10. The first kappa shape index (κ1) is 13.7. The topological polar surface area (TPSA) is 80.4 Å². The van der Waals surface area contributed by atoms with Crippen molar-refractivity contribution in [3.63, 3.8) is 0 Å². The largest absolute Gasteiger partial charge is 0.480 e. The average molecular weight is 300 g/mol. The maximum absolute atomic E-state index is 11.4. The van der Waals surface area contributed by atoms with Crippen molar-refractivity contribution in [2.75, 3.05) is 0 Å². The summed E-state index contributed by atoms with van der Waals surface area (Å²) in [5.41, 5.74) is 4.37. The van der Waals surface area contributed by atoms with Crippen LogP contribution in [0.3, 0.4) is 0 Å². The zero-order valence-electron chi connectivity index (χ0n) is 9.61. The maximum Gasteiger partial charge on any atom is 0.319 e. The predicted octanol–water partition coefficient (Wildman–Crippen LogP) is 2.13. The van der Waals surface area contributed by atoms with Crippen LogP contribution in [0.4, 0.5) is 0 Å². The number of rotatable bonds is 4. The first-order valence-corrected chi connectivity index (χ1v) is 5.88. The fraction of sp³-hybridized carbons (Fsp3) is 0.333. The van der Waals surface area contributed by atoms with Gasteiger partial charge in [0.15, 0.2) is 0 Å². The van der Waals surface area contributed by atoms with Crippen molar-refractivity contribution < 1.29 is 14.7 Å². The SMILES string of the molecule is CC(c1ccc(Br)cc1)C(C)(C(N)=O)C(=O)O. The molecule has 0 heterocycles. The molecular weight excluding hydrogens is 286 g/mol. The lowest BCUT2D eigenvalue weighted by Crippen LogP contribution is -2.45. The molecule has 0 aliphatic heterocycles. The Bertz CT molecular complexity index is 428. The van der Waals surface area contributed by atoms with Crippen LogP contribution in [0.5, 0.6) is 0 Å². The molecule has 1 aromatic carbocycles. The number of benzene rings is 1. The fourth-order valence-electron chi connectivity index (χ4n) is 1.59. The van der Waals surface area contributed by atoms with Gasteiger partial charge in [0.05, 0.1) is 0 Å². The van der Waals surface area contributed by atoms with Crippen molar-refractivity contribution in [3.05, 3.63) is 34.3 Å². The summed E-state index contributed by atoms with van der Waals surface area (Å²) in [6, 6.07) is 7.15. The molecule has 2 unspecified atom stereocenters. The van der Waals surface area contributed by atoms with E-state index in [1.54, 1.807) is 31.2 Å². The molecule has 0 aliphatic rings. The summed E-state index contributed by atoms with van der Waals surface area (Å²) in [5.74, 6) is -2.54. The molecule has 1 amide bonds. The van der Waals surface area contributed by atoms with Gasteiger partial charge in [0.2, 0.25) is 5.91 Å². The predicted molar refractivity (Wildman–Crippen MR) is 67.5 cm³/mol. The minimum atomic E-state index is -1.60. The summed E-state index contributed by atoms with van der Waals surface area (Å²) < 4.78 is 0.893. The van der Waals surface area contributed by atoms with Crippen molar-refractivity contribution in [1.29, 1.82) is 0 Å². The van der Waals surface area contributed by atoms with Gasteiger partial charge in [-0.05, 0) is 24.6 Å². The van der Waals surface area contributed by atoms with Crippen LogP contribution in [0, 0.1) is 5.41 Å². The number of aliphatic carboxylic acids is 1. The molecular formula is C12H14BrNO3. The average Bonchev–Trinajstić information content (AvgIpc) is 2.27. The van der Waals surface area contributed by atoms with Gasteiger partial charge in [-0.2, -0.15) is 0 Å². The number of halogens is 1. The molecule has 0 radical (unpaired) electrons. The smallest absolute Gasteiger partial charge is 0.319 e. The molecule has 17 heavy (non-hydrogen) atoms. The van der Waals surface area contributed by atoms with Gasteiger partial charge in [-0.25, -0.2) is 0 Å². The number of nitrogens with two attached hydrogens (primary N) is 1. The number of amides is 1. The third-order valence-electron chi connectivity index (χ3n) is 3.19. The molecule has 0 fully saturated rings. The lowest BCUT2D eigenvalue weighted by Gasteiger charge is -2.28. The highest BCUT2D eigenvalue weighted by Crippen LogP contribution is 2.36. The first-order chi connectivity index (χ1) is 7.80. The molecule has 0 saturated heterocycles. The molecule has 3 N–H and O–H groups in total. The third-order valence-corrected chi connectivity index (χ3v) is 3.72. The van der Waals surface area contributed by atoms with Crippen molar-refractivity contribution in [1.82, 2.24) is 0 Å². The van der Waals surface area contributed by atoms with Crippen LogP contribution >= 0.6 is 15.9 Å². The van der Waals surface area contributed by atoms with E-state index in [9.17, 15) is 14.7 Å². The standard InChI is InChI=1S/C12H14BrNO3/c1-7(8-3-5-9(13)6-4-8)12(2,10(14)15)11(16)17/h3-7H,1-2H3,(H2,14,15)(H,16,17). The Hall–Kier alpha value is -1.36. The first-order valence-electron chi connectivity index (χ1n) is 5.09. The lowest BCUT2D eigenvalue weighted by molar-refractivity contribution is -0.154. The Kier molecular flexibility index (Phi) is 3.93. The molecule has 0 aromatic heterocycles. The summed E-state index contributed by atoms with van der Waals surface area (Å²) in [7, 11) is 0. The molecule has 92 valence electrons. The maximum atomic E-state index is 11.4. The van der Waals surface area contributed by atoms with Gasteiger partial charge < -0.3 is 10.8 Å². The van der Waals surface area contributed by atoms with E-state index in [1.807, 2.05) is 0 Å². The molecule has 0 saturated carbocycles. The fourth-order valence-corrected chi connectivity index (χ4v) is 1.85. The second-order valence-electron chi connectivity index (χ2n) is 4.14. The van der Waals surface area contributed by atoms with Crippen LogP contribution in [-0.4, -0.2) is 17.0 Å². The van der Waals surface area contributed by atoms with Crippen LogP contribution in [0.1, 0.15) is 25.3 Å². The Labute approximate surface area is 108 Å². The van der Waals surface area contributed by atoms with Gasteiger partial charge >= 0.3 is 5.97 Å². The summed E-state index contributed by atoms with van der Waals surface area (Å²) in [5, 5.41) is 9.18. The minimum absolute atomic E-state index is 0.495. The second kappa shape index (κ2) is 4.87. The number of carboxylic acid groups (broad SMARTS) is 1. The van der Waals surface area contributed by atoms with E-state index in [1.165, 1.54) is 6.92 Å². The normalized spacial score (nSPS) is 15.9. The number of hydrogen-bond acceptors (Lipinski definition) is 2. The van der Waals surface area contributed by atoms with Crippen molar-refractivity contribution >= 4 is 27.8 Å². The zero-order valence-corrected chi connectivity index (χ0v) is 11.2. The van der Waals surface area contributed by atoms with Crippen LogP contribution in [-0.2, 0) is 9.59 Å². The van der Waals surface area contributed by atoms with Crippen LogP contribution in [0.2, 0.25) is 0 Å². The molecule has 2 atom stereocenters. The van der Waals surface area contributed by atoms with Gasteiger partial charge in [-0.15, -0.1) is 0 Å². The van der Waals surface area contributed by atoms with E-state index in [-0.39, 0.29) is 0 Å². The number of carbonyl (C=O) groups excluding carboxylic acids is 1. The van der Waals surface area contributed by atoms with Gasteiger partial charge in [-0.1, -0.05) is 35.0 Å². The number of carbonyl (C=O) groups is 2. The minimum Gasteiger partial charge on any atom is -0.480 e. The van der Waals surface area contributed by atoms with Gasteiger partial charge in [0.25, 0.3) is 0 Å². The number of hydrogen-bond donors (Lipinski definition) is 2. The van der Waals surface area contributed by atoms with E-state index in [0.717, 1.165) is 10.0 Å². The second-order valence-corrected chi connectivity index (χ2v) is 5.06. The zero-order chi connectivity index (χ0) is 13.2. The Morgan fingerprint density at radius 3 is 2.18 bits per heavy atom. The highest BCUT2D eigenvalue weighted by atomic mass is 79.9. The Balaban J connectivity index is 3.17. The monoisotopic (exact) mass is 299 g/mol. The molecule has 0 aliphatic carbocycles. The number of carboxylic acids is 1. The molecule has 0 bridgehead atoms. The van der Waals surface area contributed by atoms with E-state index in [0.29, 0.717) is 0 Å². The van der Waals surface area contributed by atoms with Gasteiger partial charge in [-0.3, -0.25) is 9.59 Å². The van der Waals surface area contributed by atoms with E-state index >= 15 is 0 Å². The highest BCUT2D eigenvalue weighted by Gasteiger charge is 2.45. The van der Waals surface area contributed by atoms with Gasteiger partial charge in [0.1, 0.15) is 5.41 Å². The lowest BCUT2D eigenvalue weighted by atomic mass is 9.74. The Morgan fingerprint density at radius 1 is 1.35 bits per heavy atom. The Morgan fingerprint density at radius 2 is 1.82 bits per heavy atom. The van der Waals surface area contributed by atoms with Crippen LogP contribution in [0.15, 0.2) is 28.7 Å². The third kappa shape index (κ3) is 2.49. The summed E-state index contributed by atoms with van der Waals surface area (Å²) in [6.07, 6.45) is 0. The quantitative estimate of drug-likeness (QED) is 0.836. The van der Waals surface area contributed by atoms with E-state index < -0.39 is 23.2 Å². The number of primary amides is 1. The van der Waals surface area contributed by atoms with E-state index in [4.69, 9.17) is 5.73 Å². The van der Waals surface area contributed by atoms with E-state index in [2.05, 4.69) is 15.9 Å². The van der Waals surface area contributed by atoms with Crippen molar-refractivity contribution in [2.45, 2.75) is 19.8 Å². The van der Waals surface area contributed by atoms with Crippen molar-refractivity contribution in [2.24, 2.45) is 11.1 Å². The molecule has 1 aromatic rings. The molecule has 1 rings (SSSR count). The van der Waals surface area contributed by atoms with Crippen LogP contribution in [0.25, 0.3) is 0 Å². The summed E-state index contributed by atoms with van der Waals surface area (Å²) in [4.78, 5) is 22.6.